The summed E-state index contributed by atoms with van der Waals surface area (Å²) in [7, 11) is 2.06. The van der Waals surface area contributed by atoms with Crippen molar-refractivity contribution in [3.63, 3.8) is 0 Å². The van der Waals surface area contributed by atoms with Gasteiger partial charge in [0.15, 0.2) is 0 Å². The fourth-order valence-corrected chi connectivity index (χ4v) is 3.02. The number of rotatable bonds is 5. The molecule has 3 rings (SSSR count). The van der Waals surface area contributed by atoms with Gasteiger partial charge in [-0.1, -0.05) is 34.1 Å². The SMILES string of the molecule is C[C@H](c1nnc(-c2cccs2)o1)N(C)Cc1ccc(Br)cc1. The highest BCUT2D eigenvalue weighted by Gasteiger charge is 2.19. The van der Waals surface area contributed by atoms with E-state index in [4.69, 9.17) is 4.42 Å². The number of nitrogens with zero attached hydrogens (tertiary/aromatic N) is 3. The number of thiophene rings is 1. The molecule has 0 spiro atoms. The van der Waals surface area contributed by atoms with E-state index >= 15 is 0 Å². The lowest BCUT2D eigenvalue weighted by atomic mass is 10.2. The van der Waals surface area contributed by atoms with E-state index in [9.17, 15) is 0 Å². The molecule has 114 valence electrons. The van der Waals surface area contributed by atoms with Crippen LogP contribution in [0.25, 0.3) is 10.8 Å². The predicted molar refractivity (Wildman–Crippen MR) is 91.6 cm³/mol. The Labute approximate surface area is 141 Å². The Morgan fingerprint density at radius 2 is 2.00 bits per heavy atom. The van der Waals surface area contributed by atoms with Gasteiger partial charge in [-0.2, -0.15) is 0 Å². The lowest BCUT2D eigenvalue weighted by Gasteiger charge is -2.21. The zero-order valence-electron chi connectivity index (χ0n) is 12.4. The van der Waals surface area contributed by atoms with Crippen LogP contribution in [0, 0.1) is 0 Å². The van der Waals surface area contributed by atoms with Crippen LogP contribution in [0.15, 0.2) is 50.7 Å². The van der Waals surface area contributed by atoms with Crippen LogP contribution in [-0.4, -0.2) is 22.1 Å². The zero-order chi connectivity index (χ0) is 15.5. The van der Waals surface area contributed by atoms with Crippen LogP contribution >= 0.6 is 27.3 Å². The lowest BCUT2D eigenvalue weighted by Crippen LogP contribution is -2.22. The Hall–Kier alpha value is -1.50. The van der Waals surface area contributed by atoms with Crippen molar-refractivity contribution in [1.82, 2.24) is 15.1 Å². The number of hydrogen-bond donors (Lipinski definition) is 0. The minimum Gasteiger partial charge on any atom is -0.418 e. The highest BCUT2D eigenvalue weighted by atomic mass is 79.9. The van der Waals surface area contributed by atoms with Gasteiger partial charge >= 0.3 is 0 Å². The topological polar surface area (TPSA) is 42.2 Å². The van der Waals surface area contributed by atoms with Crippen molar-refractivity contribution in [2.24, 2.45) is 0 Å². The molecule has 0 unspecified atom stereocenters. The van der Waals surface area contributed by atoms with Gasteiger partial charge in [-0.15, -0.1) is 21.5 Å². The largest absolute Gasteiger partial charge is 0.418 e. The van der Waals surface area contributed by atoms with E-state index in [1.807, 2.05) is 17.5 Å². The van der Waals surface area contributed by atoms with Gasteiger partial charge in [0.1, 0.15) is 0 Å². The molecule has 0 amide bonds. The predicted octanol–water partition coefficient (Wildman–Crippen LogP) is 4.75. The van der Waals surface area contributed by atoms with Crippen molar-refractivity contribution < 1.29 is 4.42 Å². The molecule has 0 saturated carbocycles. The maximum atomic E-state index is 5.81. The fourth-order valence-electron chi connectivity index (χ4n) is 2.11. The molecule has 1 aromatic carbocycles. The third kappa shape index (κ3) is 3.45. The first-order valence-electron chi connectivity index (χ1n) is 6.95. The second-order valence-electron chi connectivity index (χ2n) is 5.14. The fraction of sp³-hybridized carbons (Fsp3) is 0.250. The molecule has 1 atom stereocenters. The molecule has 0 fully saturated rings. The number of hydrogen-bond acceptors (Lipinski definition) is 5. The Morgan fingerprint density at radius 3 is 2.68 bits per heavy atom. The summed E-state index contributed by atoms with van der Waals surface area (Å²) < 4.78 is 6.89. The molecule has 0 radical (unpaired) electrons. The molecule has 2 heterocycles. The third-order valence-corrected chi connectivity index (χ3v) is 4.92. The van der Waals surface area contributed by atoms with E-state index < -0.39 is 0 Å². The van der Waals surface area contributed by atoms with Crippen LogP contribution in [0.5, 0.6) is 0 Å². The van der Waals surface area contributed by atoms with Crippen molar-refractivity contribution in [2.45, 2.75) is 19.5 Å². The van der Waals surface area contributed by atoms with E-state index in [1.54, 1.807) is 11.3 Å². The van der Waals surface area contributed by atoms with Crippen LogP contribution in [0.4, 0.5) is 0 Å². The molecule has 3 aromatic rings. The third-order valence-electron chi connectivity index (χ3n) is 3.54. The highest BCUT2D eigenvalue weighted by Crippen LogP contribution is 2.27. The second-order valence-corrected chi connectivity index (χ2v) is 7.00. The Balaban J connectivity index is 1.70. The van der Waals surface area contributed by atoms with E-state index in [2.05, 4.69) is 69.3 Å². The first-order valence-corrected chi connectivity index (χ1v) is 8.62. The highest BCUT2D eigenvalue weighted by molar-refractivity contribution is 9.10. The maximum absolute atomic E-state index is 5.81. The monoisotopic (exact) mass is 377 g/mol. The molecule has 0 saturated heterocycles. The van der Waals surface area contributed by atoms with Crippen molar-refractivity contribution in [3.05, 3.63) is 57.7 Å². The van der Waals surface area contributed by atoms with Crippen LogP contribution in [0.2, 0.25) is 0 Å². The molecular weight excluding hydrogens is 362 g/mol. The second kappa shape index (κ2) is 6.73. The van der Waals surface area contributed by atoms with Gasteiger partial charge in [-0.3, -0.25) is 4.90 Å². The van der Waals surface area contributed by atoms with Crippen molar-refractivity contribution >= 4 is 27.3 Å². The molecule has 22 heavy (non-hydrogen) atoms. The summed E-state index contributed by atoms with van der Waals surface area (Å²) in [6.07, 6.45) is 0. The molecule has 2 aromatic heterocycles. The zero-order valence-corrected chi connectivity index (χ0v) is 14.8. The molecule has 0 aliphatic rings. The van der Waals surface area contributed by atoms with E-state index in [1.165, 1.54) is 5.56 Å². The van der Waals surface area contributed by atoms with E-state index in [0.29, 0.717) is 11.8 Å². The van der Waals surface area contributed by atoms with Crippen LogP contribution < -0.4 is 0 Å². The Bertz CT molecular complexity index is 724. The lowest BCUT2D eigenvalue weighted by molar-refractivity contribution is 0.218. The average Bonchev–Trinajstić information content (AvgIpc) is 3.19. The molecule has 4 nitrogen and oxygen atoms in total. The Morgan fingerprint density at radius 1 is 1.23 bits per heavy atom. The van der Waals surface area contributed by atoms with Crippen LogP contribution in [-0.2, 0) is 6.54 Å². The number of halogens is 1. The summed E-state index contributed by atoms with van der Waals surface area (Å²) in [6.45, 7) is 2.90. The van der Waals surface area contributed by atoms with Gasteiger partial charge in [0, 0.05) is 11.0 Å². The summed E-state index contributed by atoms with van der Waals surface area (Å²) in [5.41, 5.74) is 1.25. The molecule has 0 bridgehead atoms. The summed E-state index contributed by atoms with van der Waals surface area (Å²) in [5.74, 6) is 1.23. The van der Waals surface area contributed by atoms with E-state index in [-0.39, 0.29) is 6.04 Å². The van der Waals surface area contributed by atoms with Gasteiger partial charge in [-0.25, -0.2) is 0 Å². The smallest absolute Gasteiger partial charge is 0.257 e. The molecule has 6 heteroatoms. The van der Waals surface area contributed by atoms with E-state index in [0.717, 1.165) is 15.9 Å². The average molecular weight is 378 g/mol. The first kappa shape index (κ1) is 15.4. The van der Waals surface area contributed by atoms with Gasteiger partial charge in [-0.05, 0) is 43.1 Å². The Kier molecular flexibility index (Phi) is 4.71. The summed E-state index contributed by atoms with van der Waals surface area (Å²) in [4.78, 5) is 3.19. The maximum Gasteiger partial charge on any atom is 0.257 e. The molecule has 0 aliphatic heterocycles. The minimum absolute atomic E-state index is 0.0601. The first-order chi connectivity index (χ1) is 10.6. The molecular formula is C16H16BrN3OS. The van der Waals surface area contributed by atoms with Gasteiger partial charge < -0.3 is 4.42 Å². The quantitative estimate of drug-likeness (QED) is 0.642. The summed E-state index contributed by atoms with van der Waals surface area (Å²) >= 11 is 5.05. The standard InChI is InChI=1S/C16H16BrN3OS/c1-11(20(2)10-12-5-7-13(17)8-6-12)15-18-19-16(21-15)14-4-3-9-22-14/h3-9,11H,10H2,1-2H3/t11-/m1/s1. The van der Waals surface area contributed by atoms with Crippen molar-refractivity contribution in [2.75, 3.05) is 7.05 Å². The molecule has 0 aliphatic carbocycles. The van der Waals surface area contributed by atoms with Crippen molar-refractivity contribution in [1.29, 1.82) is 0 Å². The van der Waals surface area contributed by atoms with Crippen LogP contribution in [0.3, 0.4) is 0 Å². The van der Waals surface area contributed by atoms with Gasteiger partial charge in [0.05, 0.1) is 10.9 Å². The summed E-state index contributed by atoms with van der Waals surface area (Å²) in [6, 6.07) is 12.3. The van der Waals surface area contributed by atoms with Gasteiger partial charge in [0.2, 0.25) is 5.89 Å². The number of benzene rings is 1. The van der Waals surface area contributed by atoms with Gasteiger partial charge in [0.25, 0.3) is 5.89 Å². The molecule has 0 N–H and O–H groups in total. The normalized spacial score (nSPS) is 12.7. The summed E-state index contributed by atoms with van der Waals surface area (Å²) in [5, 5.41) is 10.3. The van der Waals surface area contributed by atoms with Crippen LogP contribution in [0.1, 0.15) is 24.4 Å². The van der Waals surface area contributed by atoms with Crippen molar-refractivity contribution in [3.8, 4) is 10.8 Å². The number of aromatic nitrogens is 2. The minimum atomic E-state index is 0.0601.